The number of ether oxygens (including phenoxy) is 1. The highest BCUT2D eigenvalue weighted by molar-refractivity contribution is 7.92. The van der Waals surface area contributed by atoms with Crippen molar-refractivity contribution in [1.82, 2.24) is 4.98 Å². The lowest BCUT2D eigenvalue weighted by atomic mass is 10.1. The van der Waals surface area contributed by atoms with Gasteiger partial charge < -0.3 is 15.0 Å². The molecule has 0 fully saturated rings. The number of sulfonamides is 1. The molecule has 3 rings (SSSR count). The fourth-order valence-corrected chi connectivity index (χ4v) is 3.28. The van der Waals surface area contributed by atoms with Crippen molar-refractivity contribution in [2.75, 3.05) is 22.9 Å². The Kier molecular flexibility index (Phi) is 5.36. The van der Waals surface area contributed by atoms with Gasteiger partial charge in [-0.05, 0) is 31.2 Å². The van der Waals surface area contributed by atoms with Gasteiger partial charge in [-0.3, -0.25) is 14.3 Å². The van der Waals surface area contributed by atoms with Crippen LogP contribution in [0.5, 0.6) is 5.75 Å². The summed E-state index contributed by atoms with van der Waals surface area (Å²) >= 11 is 0. The van der Waals surface area contributed by atoms with Gasteiger partial charge in [0.15, 0.2) is 0 Å². The predicted molar refractivity (Wildman–Crippen MR) is 109 cm³/mol. The standard InChI is InChI=1S/C19H19N3O5S/c1-3-28(25,26)22-16-9-8-12(10-17(16)27-2)21-19(24)14-11-20-15-7-5-4-6-13(15)18(14)23/h4-11,22H,3H2,1-2H3,(H,20,23)(H,21,24). The summed E-state index contributed by atoms with van der Waals surface area (Å²) in [6, 6.07) is 11.4. The maximum absolute atomic E-state index is 12.6. The number of carbonyl (C=O) groups excluding carboxylic acids is 1. The minimum absolute atomic E-state index is 0.0339. The van der Waals surface area contributed by atoms with Crippen LogP contribution in [0.25, 0.3) is 10.9 Å². The molecule has 0 unspecified atom stereocenters. The maximum Gasteiger partial charge on any atom is 0.261 e. The van der Waals surface area contributed by atoms with Crippen LogP contribution < -0.4 is 20.2 Å². The second kappa shape index (κ2) is 7.73. The fourth-order valence-electron chi connectivity index (χ4n) is 2.63. The summed E-state index contributed by atoms with van der Waals surface area (Å²) < 4.78 is 31.1. The number of amides is 1. The van der Waals surface area contributed by atoms with Crippen molar-refractivity contribution in [3.8, 4) is 5.75 Å². The van der Waals surface area contributed by atoms with Crippen molar-refractivity contribution < 1.29 is 17.9 Å². The molecule has 0 bridgehead atoms. The monoisotopic (exact) mass is 401 g/mol. The Labute approximate surface area is 161 Å². The first kappa shape index (κ1) is 19.4. The largest absolute Gasteiger partial charge is 0.494 e. The molecule has 0 saturated heterocycles. The minimum atomic E-state index is -3.47. The number of carbonyl (C=O) groups is 1. The molecule has 8 nitrogen and oxygen atoms in total. The normalized spacial score (nSPS) is 11.2. The van der Waals surface area contributed by atoms with Crippen LogP contribution in [0.15, 0.2) is 53.5 Å². The lowest BCUT2D eigenvalue weighted by Gasteiger charge is -2.13. The summed E-state index contributed by atoms with van der Waals surface area (Å²) in [5, 5.41) is 3.04. The van der Waals surface area contributed by atoms with Gasteiger partial charge in [0.25, 0.3) is 5.91 Å². The van der Waals surface area contributed by atoms with E-state index in [-0.39, 0.29) is 28.2 Å². The molecule has 0 aliphatic heterocycles. The van der Waals surface area contributed by atoms with E-state index in [1.807, 2.05) is 0 Å². The number of rotatable bonds is 6. The van der Waals surface area contributed by atoms with Crippen LogP contribution in [0.2, 0.25) is 0 Å². The summed E-state index contributed by atoms with van der Waals surface area (Å²) in [6.07, 6.45) is 1.36. The van der Waals surface area contributed by atoms with Gasteiger partial charge in [-0.1, -0.05) is 12.1 Å². The lowest BCUT2D eigenvalue weighted by Crippen LogP contribution is -2.22. The van der Waals surface area contributed by atoms with Crippen LogP contribution in [-0.2, 0) is 10.0 Å². The van der Waals surface area contributed by atoms with Gasteiger partial charge in [0.2, 0.25) is 15.5 Å². The van der Waals surface area contributed by atoms with Gasteiger partial charge in [-0.15, -0.1) is 0 Å². The molecule has 28 heavy (non-hydrogen) atoms. The fraction of sp³-hybridized carbons (Fsp3) is 0.158. The molecule has 3 aromatic rings. The SMILES string of the molecule is CCS(=O)(=O)Nc1ccc(NC(=O)c2c[nH]c3ccccc3c2=O)cc1OC. The number of pyridine rings is 1. The zero-order chi connectivity index (χ0) is 20.3. The Balaban J connectivity index is 1.89. The van der Waals surface area contributed by atoms with Crippen molar-refractivity contribution in [3.05, 3.63) is 64.4 Å². The second-order valence-corrected chi connectivity index (χ2v) is 7.96. The highest BCUT2D eigenvalue weighted by atomic mass is 32.2. The highest BCUT2D eigenvalue weighted by Crippen LogP contribution is 2.29. The van der Waals surface area contributed by atoms with Crippen molar-refractivity contribution in [2.45, 2.75) is 6.92 Å². The van der Waals surface area contributed by atoms with Crippen LogP contribution in [0.3, 0.4) is 0 Å². The Morgan fingerprint density at radius 1 is 1.18 bits per heavy atom. The first-order valence-electron chi connectivity index (χ1n) is 8.45. The summed E-state index contributed by atoms with van der Waals surface area (Å²) in [4.78, 5) is 28.0. The number of aromatic nitrogens is 1. The number of para-hydroxylation sites is 1. The van der Waals surface area contributed by atoms with Crippen molar-refractivity contribution in [2.24, 2.45) is 0 Å². The zero-order valence-electron chi connectivity index (χ0n) is 15.3. The number of hydrogen-bond donors (Lipinski definition) is 3. The topological polar surface area (TPSA) is 117 Å². The number of fused-ring (bicyclic) bond motifs is 1. The van der Waals surface area contributed by atoms with E-state index in [9.17, 15) is 18.0 Å². The van der Waals surface area contributed by atoms with Gasteiger partial charge in [0.1, 0.15) is 11.3 Å². The molecule has 1 amide bonds. The van der Waals surface area contributed by atoms with Gasteiger partial charge in [-0.2, -0.15) is 0 Å². The van der Waals surface area contributed by atoms with Crippen LogP contribution in [0.4, 0.5) is 11.4 Å². The van der Waals surface area contributed by atoms with Crippen LogP contribution in [0.1, 0.15) is 17.3 Å². The van der Waals surface area contributed by atoms with E-state index in [0.29, 0.717) is 16.6 Å². The quantitative estimate of drug-likeness (QED) is 0.587. The zero-order valence-corrected chi connectivity index (χ0v) is 16.1. The molecule has 0 atom stereocenters. The van der Waals surface area contributed by atoms with Crippen LogP contribution in [-0.4, -0.2) is 32.2 Å². The van der Waals surface area contributed by atoms with Gasteiger partial charge in [0.05, 0.1) is 18.6 Å². The number of hydrogen-bond acceptors (Lipinski definition) is 5. The van der Waals surface area contributed by atoms with E-state index >= 15 is 0 Å². The minimum Gasteiger partial charge on any atom is -0.494 e. The highest BCUT2D eigenvalue weighted by Gasteiger charge is 2.15. The van der Waals surface area contributed by atoms with Gasteiger partial charge in [-0.25, -0.2) is 8.42 Å². The molecule has 9 heteroatoms. The number of aromatic amines is 1. The molecule has 146 valence electrons. The predicted octanol–water partition coefficient (Wildman–Crippen LogP) is 2.55. The Morgan fingerprint density at radius 2 is 1.93 bits per heavy atom. The summed E-state index contributed by atoms with van der Waals surface area (Å²) in [7, 11) is -2.09. The summed E-state index contributed by atoms with van der Waals surface area (Å²) in [5.41, 5.74) is 0.831. The molecular formula is C19H19N3O5S. The Bertz CT molecular complexity index is 1200. The molecule has 0 aliphatic rings. The van der Waals surface area contributed by atoms with E-state index in [4.69, 9.17) is 4.74 Å². The number of methoxy groups -OCH3 is 1. The number of H-pyrrole nitrogens is 1. The third-order valence-corrected chi connectivity index (χ3v) is 5.43. The average Bonchev–Trinajstić information content (AvgIpc) is 2.69. The van der Waals surface area contributed by atoms with Crippen LogP contribution in [0, 0.1) is 0 Å². The molecular weight excluding hydrogens is 382 g/mol. The first-order chi connectivity index (χ1) is 13.3. The Hall–Kier alpha value is -3.33. The molecule has 0 aliphatic carbocycles. The smallest absolute Gasteiger partial charge is 0.261 e. The molecule has 1 heterocycles. The molecule has 1 aromatic heterocycles. The molecule has 2 aromatic carbocycles. The number of anilines is 2. The lowest BCUT2D eigenvalue weighted by molar-refractivity contribution is 0.102. The Morgan fingerprint density at radius 3 is 2.64 bits per heavy atom. The van der Waals surface area contributed by atoms with Crippen LogP contribution >= 0.6 is 0 Å². The van der Waals surface area contributed by atoms with E-state index < -0.39 is 15.9 Å². The third kappa shape index (κ3) is 3.99. The molecule has 0 saturated carbocycles. The molecule has 0 radical (unpaired) electrons. The average molecular weight is 401 g/mol. The van der Waals surface area contributed by atoms with Gasteiger partial charge >= 0.3 is 0 Å². The second-order valence-electron chi connectivity index (χ2n) is 5.95. The first-order valence-corrected chi connectivity index (χ1v) is 10.1. The maximum atomic E-state index is 12.6. The van der Waals surface area contributed by atoms with Crippen molar-refractivity contribution in [3.63, 3.8) is 0 Å². The number of benzene rings is 2. The molecule has 3 N–H and O–H groups in total. The summed E-state index contributed by atoms with van der Waals surface area (Å²) in [6.45, 7) is 1.52. The van der Waals surface area contributed by atoms with E-state index in [1.54, 1.807) is 24.3 Å². The van der Waals surface area contributed by atoms with Gasteiger partial charge in [0, 0.05) is 28.9 Å². The van der Waals surface area contributed by atoms with Crippen molar-refractivity contribution in [1.29, 1.82) is 0 Å². The van der Waals surface area contributed by atoms with E-state index in [0.717, 1.165) is 0 Å². The molecule has 0 spiro atoms. The van der Waals surface area contributed by atoms with E-state index in [1.165, 1.54) is 38.4 Å². The number of nitrogens with one attached hydrogen (secondary N) is 3. The summed E-state index contributed by atoms with van der Waals surface area (Å²) in [5.74, 6) is -0.433. The van der Waals surface area contributed by atoms with Crippen molar-refractivity contribution >= 4 is 38.2 Å². The third-order valence-electron chi connectivity index (χ3n) is 4.14. The van der Waals surface area contributed by atoms with E-state index in [2.05, 4.69) is 15.0 Å².